The first-order chi connectivity index (χ1) is 14.0. The molecule has 154 valence electrons. The number of hydrogen-bond acceptors (Lipinski definition) is 5. The van der Waals surface area contributed by atoms with Gasteiger partial charge in [0.2, 0.25) is 0 Å². The molecule has 1 N–H and O–H groups in total. The van der Waals surface area contributed by atoms with E-state index in [0.29, 0.717) is 21.7 Å². The van der Waals surface area contributed by atoms with E-state index in [9.17, 15) is 13.2 Å². The molecule has 0 unspecified atom stereocenters. The van der Waals surface area contributed by atoms with Crippen LogP contribution < -0.4 is 4.90 Å². The van der Waals surface area contributed by atoms with Crippen molar-refractivity contribution in [1.29, 1.82) is 0 Å². The topological polar surface area (TPSA) is 48.0 Å². The highest BCUT2D eigenvalue weighted by Gasteiger charge is 2.39. The Bertz CT molecular complexity index is 984. The van der Waals surface area contributed by atoms with Crippen LogP contribution in [0.2, 0.25) is 0 Å². The third-order valence-electron chi connectivity index (χ3n) is 6.02. The smallest absolute Gasteiger partial charge is 0.364 e. The molecule has 3 aromatic rings. The summed E-state index contributed by atoms with van der Waals surface area (Å²) in [7, 11) is 0. The van der Waals surface area contributed by atoms with Gasteiger partial charge in [0.25, 0.3) is 0 Å². The van der Waals surface area contributed by atoms with Gasteiger partial charge in [-0.1, -0.05) is 0 Å². The molecule has 2 saturated heterocycles. The van der Waals surface area contributed by atoms with Gasteiger partial charge >= 0.3 is 6.18 Å². The number of aromatic nitrogens is 3. The number of piperidine rings is 1. The second-order valence-electron chi connectivity index (χ2n) is 7.94. The summed E-state index contributed by atoms with van der Waals surface area (Å²) in [4.78, 5) is 17.7. The predicted octanol–water partition coefficient (Wildman–Crippen LogP) is 4.23. The highest BCUT2D eigenvalue weighted by atomic mass is 32.1. The molecule has 5 heterocycles. The van der Waals surface area contributed by atoms with E-state index in [0.717, 1.165) is 61.6 Å². The van der Waals surface area contributed by atoms with Gasteiger partial charge < -0.3 is 9.88 Å². The van der Waals surface area contributed by atoms with Crippen LogP contribution in [-0.4, -0.2) is 51.7 Å². The van der Waals surface area contributed by atoms with Crippen molar-refractivity contribution >= 4 is 27.4 Å². The van der Waals surface area contributed by atoms with Gasteiger partial charge in [-0.2, -0.15) is 13.2 Å². The summed E-state index contributed by atoms with van der Waals surface area (Å²) in [6.07, 6.45) is 0.490. The fraction of sp³-hybridized carbons (Fsp3) is 0.500. The second-order valence-corrected chi connectivity index (χ2v) is 9.05. The number of alkyl halides is 3. The first-order valence-electron chi connectivity index (χ1n) is 9.88. The zero-order valence-electron chi connectivity index (χ0n) is 15.8. The summed E-state index contributed by atoms with van der Waals surface area (Å²) in [6.45, 7) is 3.77. The lowest BCUT2D eigenvalue weighted by molar-refractivity contribution is -0.126. The predicted molar refractivity (Wildman–Crippen MR) is 107 cm³/mol. The second kappa shape index (κ2) is 7.28. The average Bonchev–Trinajstić information content (AvgIpc) is 3.40. The molecule has 0 bridgehead atoms. The van der Waals surface area contributed by atoms with E-state index >= 15 is 0 Å². The number of H-pyrrole nitrogens is 1. The lowest BCUT2D eigenvalue weighted by Gasteiger charge is -2.38. The van der Waals surface area contributed by atoms with Gasteiger partial charge in [0.15, 0.2) is 0 Å². The molecule has 29 heavy (non-hydrogen) atoms. The SMILES string of the molecule is FC(F)(F)Cc1cc2c(N3CC[C@@H]4[C@@H](CCN4Cc4ccc[nH]4)C3)ncnc2s1. The molecular weight excluding hydrogens is 399 g/mol. The van der Waals surface area contributed by atoms with Crippen LogP contribution in [0.25, 0.3) is 10.2 Å². The molecule has 0 spiro atoms. The number of aromatic amines is 1. The lowest BCUT2D eigenvalue weighted by Crippen LogP contribution is -2.46. The van der Waals surface area contributed by atoms with Crippen LogP contribution in [-0.2, 0) is 13.0 Å². The van der Waals surface area contributed by atoms with Crippen molar-refractivity contribution in [3.63, 3.8) is 0 Å². The summed E-state index contributed by atoms with van der Waals surface area (Å²) in [6, 6.07) is 6.32. The average molecular weight is 421 g/mol. The number of hydrogen-bond donors (Lipinski definition) is 1. The van der Waals surface area contributed by atoms with Crippen LogP contribution in [0, 0.1) is 5.92 Å². The van der Waals surface area contributed by atoms with Gasteiger partial charge in [-0.25, -0.2) is 9.97 Å². The maximum atomic E-state index is 12.8. The van der Waals surface area contributed by atoms with Crippen LogP contribution >= 0.6 is 11.3 Å². The van der Waals surface area contributed by atoms with Gasteiger partial charge in [-0.15, -0.1) is 11.3 Å². The van der Waals surface area contributed by atoms with Gasteiger partial charge in [0.1, 0.15) is 17.0 Å². The number of nitrogens with zero attached hydrogens (tertiary/aromatic N) is 4. The summed E-state index contributed by atoms with van der Waals surface area (Å²) in [5.41, 5.74) is 1.24. The fourth-order valence-electron chi connectivity index (χ4n) is 4.78. The number of likely N-dealkylation sites (tertiary alicyclic amines) is 1. The summed E-state index contributed by atoms with van der Waals surface area (Å²) in [5.74, 6) is 1.33. The summed E-state index contributed by atoms with van der Waals surface area (Å²) >= 11 is 1.11. The largest absolute Gasteiger partial charge is 0.393 e. The van der Waals surface area contributed by atoms with Gasteiger partial charge in [0.05, 0.1) is 11.8 Å². The number of halogens is 3. The highest BCUT2D eigenvalue weighted by molar-refractivity contribution is 7.18. The van der Waals surface area contributed by atoms with Crippen LogP contribution in [0.4, 0.5) is 19.0 Å². The third-order valence-corrected chi connectivity index (χ3v) is 7.06. The number of nitrogens with one attached hydrogen (secondary N) is 1. The minimum atomic E-state index is -4.21. The summed E-state index contributed by atoms with van der Waals surface area (Å²) in [5, 5.41) is 0.747. The molecule has 9 heteroatoms. The maximum absolute atomic E-state index is 12.8. The third kappa shape index (κ3) is 3.85. The Kier molecular flexibility index (Phi) is 4.74. The molecule has 5 nitrogen and oxygen atoms in total. The molecular formula is C20H22F3N5S. The van der Waals surface area contributed by atoms with Crippen molar-refractivity contribution in [2.45, 2.75) is 38.0 Å². The highest BCUT2D eigenvalue weighted by Crippen LogP contribution is 2.38. The molecule has 2 aliphatic rings. The zero-order valence-corrected chi connectivity index (χ0v) is 16.6. The van der Waals surface area contributed by atoms with E-state index in [1.807, 2.05) is 12.3 Å². The van der Waals surface area contributed by atoms with E-state index in [1.54, 1.807) is 6.07 Å². The Hall–Kier alpha value is -2.13. The first kappa shape index (κ1) is 18.9. The summed E-state index contributed by atoms with van der Waals surface area (Å²) < 4.78 is 38.4. The first-order valence-corrected chi connectivity index (χ1v) is 10.7. The van der Waals surface area contributed by atoms with Gasteiger partial charge in [-0.05, 0) is 43.5 Å². The Morgan fingerprint density at radius 1 is 1.21 bits per heavy atom. The Balaban J connectivity index is 1.33. The van der Waals surface area contributed by atoms with E-state index in [2.05, 4.69) is 30.8 Å². The molecule has 2 aliphatic heterocycles. The van der Waals surface area contributed by atoms with Crippen molar-refractivity contribution in [3.8, 4) is 0 Å². The van der Waals surface area contributed by atoms with Crippen LogP contribution in [0.15, 0.2) is 30.7 Å². The molecule has 3 aromatic heterocycles. The minimum absolute atomic E-state index is 0.294. The van der Waals surface area contributed by atoms with Crippen molar-refractivity contribution in [3.05, 3.63) is 41.3 Å². The van der Waals surface area contributed by atoms with E-state index in [1.165, 1.54) is 12.0 Å². The molecule has 0 amide bonds. The number of anilines is 1. The van der Waals surface area contributed by atoms with Crippen molar-refractivity contribution < 1.29 is 13.2 Å². The van der Waals surface area contributed by atoms with E-state index in [4.69, 9.17) is 0 Å². The molecule has 0 aliphatic carbocycles. The quantitative estimate of drug-likeness (QED) is 0.685. The zero-order chi connectivity index (χ0) is 20.0. The van der Waals surface area contributed by atoms with Gasteiger partial charge in [0, 0.05) is 42.4 Å². The van der Waals surface area contributed by atoms with Crippen molar-refractivity contribution in [1.82, 2.24) is 19.9 Å². The monoisotopic (exact) mass is 421 g/mol. The van der Waals surface area contributed by atoms with Crippen LogP contribution in [0.5, 0.6) is 0 Å². The molecule has 0 radical (unpaired) electrons. The Morgan fingerprint density at radius 3 is 2.90 bits per heavy atom. The maximum Gasteiger partial charge on any atom is 0.393 e. The van der Waals surface area contributed by atoms with Crippen molar-refractivity contribution in [2.75, 3.05) is 24.5 Å². The lowest BCUT2D eigenvalue weighted by atomic mass is 9.92. The molecule has 5 rings (SSSR count). The Labute approximate surface area is 170 Å². The fourth-order valence-corrected chi connectivity index (χ4v) is 5.81. The standard InChI is InChI=1S/C20H22F3N5S/c21-20(22,23)9-15-8-16-18(25-12-26-19(16)29-15)28-7-4-17-13(10-28)3-6-27(17)11-14-2-1-5-24-14/h1-2,5,8,12-13,17,24H,3-4,6-7,9-11H2/t13-,17+/m0/s1. The molecule has 0 aromatic carbocycles. The van der Waals surface area contributed by atoms with Crippen LogP contribution in [0.3, 0.4) is 0 Å². The van der Waals surface area contributed by atoms with E-state index in [-0.39, 0.29) is 0 Å². The number of thiophene rings is 1. The van der Waals surface area contributed by atoms with Gasteiger partial charge in [-0.3, -0.25) is 4.90 Å². The number of rotatable bonds is 4. The molecule has 0 saturated carbocycles. The van der Waals surface area contributed by atoms with Crippen LogP contribution in [0.1, 0.15) is 23.4 Å². The van der Waals surface area contributed by atoms with Crippen molar-refractivity contribution in [2.24, 2.45) is 5.92 Å². The number of fused-ring (bicyclic) bond motifs is 2. The van der Waals surface area contributed by atoms with E-state index < -0.39 is 12.6 Å². The minimum Gasteiger partial charge on any atom is -0.364 e. The normalized spacial score (nSPS) is 23.1. The molecule has 2 fully saturated rings. The molecule has 2 atom stereocenters. The Morgan fingerprint density at radius 2 is 2.10 bits per heavy atom.